The zero-order chi connectivity index (χ0) is 20.0. The van der Waals surface area contributed by atoms with Crippen molar-refractivity contribution in [1.82, 2.24) is 14.5 Å². The number of halogens is 2. The molecule has 5 aromatic rings. The van der Waals surface area contributed by atoms with E-state index >= 15 is 0 Å². The van der Waals surface area contributed by atoms with Gasteiger partial charge in [-0.15, -0.1) is 0 Å². The first kappa shape index (κ1) is 18.2. The van der Waals surface area contributed by atoms with Crippen LogP contribution in [0.3, 0.4) is 0 Å². The second kappa shape index (κ2) is 7.21. The van der Waals surface area contributed by atoms with E-state index in [0.29, 0.717) is 28.9 Å². The minimum atomic E-state index is 0.447. The number of hydrogen-bond acceptors (Lipinski definition) is 3. The smallest absolute Gasteiger partial charge is 0.160 e. The van der Waals surface area contributed by atoms with Gasteiger partial charge in [0.05, 0.1) is 28.1 Å². The zero-order valence-electron chi connectivity index (χ0n) is 15.7. The lowest BCUT2D eigenvalue weighted by molar-refractivity contribution is 0.302. The summed E-state index contributed by atoms with van der Waals surface area (Å²) in [5, 5.41) is 2.19. The fourth-order valence-corrected chi connectivity index (χ4v) is 4.19. The summed E-state index contributed by atoms with van der Waals surface area (Å²) in [5.74, 6) is 0.616. The molecule has 2 aromatic heterocycles. The standard InChI is InChI=1S/C23H17Cl2N3O/c1-14-5-4-6-16-21-23(27-19-8-3-2-7-18(19)26-21)28(22(14)16)11-12-29-20-10-9-15(24)13-17(20)25/h2-10,13H,11-12H2,1H3. The zero-order valence-corrected chi connectivity index (χ0v) is 17.2. The number of aromatic nitrogens is 3. The summed E-state index contributed by atoms with van der Waals surface area (Å²) >= 11 is 12.2. The molecule has 0 N–H and O–H groups in total. The van der Waals surface area contributed by atoms with Gasteiger partial charge in [0, 0.05) is 10.4 Å². The van der Waals surface area contributed by atoms with E-state index < -0.39 is 0 Å². The Morgan fingerprint density at radius 1 is 0.931 bits per heavy atom. The van der Waals surface area contributed by atoms with Crippen molar-refractivity contribution < 1.29 is 4.74 Å². The van der Waals surface area contributed by atoms with Gasteiger partial charge in [-0.2, -0.15) is 0 Å². The van der Waals surface area contributed by atoms with E-state index in [1.54, 1.807) is 18.2 Å². The number of para-hydroxylation sites is 3. The lowest BCUT2D eigenvalue weighted by atomic mass is 10.1. The largest absolute Gasteiger partial charge is 0.490 e. The minimum Gasteiger partial charge on any atom is -0.490 e. The molecule has 3 aromatic carbocycles. The molecular weight excluding hydrogens is 405 g/mol. The van der Waals surface area contributed by atoms with Crippen LogP contribution >= 0.6 is 23.2 Å². The fraction of sp³-hybridized carbons (Fsp3) is 0.130. The Labute approximate surface area is 177 Å². The molecule has 0 amide bonds. The first-order valence-electron chi connectivity index (χ1n) is 9.34. The highest BCUT2D eigenvalue weighted by Gasteiger charge is 2.16. The number of rotatable bonds is 4. The van der Waals surface area contributed by atoms with E-state index in [2.05, 4.69) is 29.7 Å². The Balaban J connectivity index is 1.60. The van der Waals surface area contributed by atoms with E-state index in [-0.39, 0.29) is 0 Å². The van der Waals surface area contributed by atoms with Gasteiger partial charge in [0.15, 0.2) is 5.65 Å². The van der Waals surface area contributed by atoms with Gasteiger partial charge in [-0.1, -0.05) is 53.5 Å². The average molecular weight is 422 g/mol. The molecule has 144 valence electrons. The summed E-state index contributed by atoms with van der Waals surface area (Å²) in [6.45, 7) is 3.17. The molecule has 0 atom stereocenters. The van der Waals surface area contributed by atoms with Crippen molar-refractivity contribution in [2.45, 2.75) is 13.5 Å². The van der Waals surface area contributed by atoms with Crippen LogP contribution in [0.15, 0.2) is 60.7 Å². The number of nitrogens with zero attached hydrogens (tertiary/aromatic N) is 3. The van der Waals surface area contributed by atoms with Crippen molar-refractivity contribution >= 4 is 56.3 Å². The van der Waals surface area contributed by atoms with E-state index in [1.165, 1.54) is 5.56 Å². The molecule has 4 nitrogen and oxygen atoms in total. The predicted octanol–water partition coefficient (Wildman–Crippen LogP) is 6.43. The molecule has 29 heavy (non-hydrogen) atoms. The summed E-state index contributed by atoms with van der Waals surface area (Å²) in [7, 11) is 0. The first-order chi connectivity index (χ1) is 14.1. The third-order valence-electron chi connectivity index (χ3n) is 5.04. The van der Waals surface area contributed by atoms with Crippen LogP contribution in [0.25, 0.3) is 33.1 Å². The fourth-order valence-electron chi connectivity index (χ4n) is 3.73. The highest BCUT2D eigenvalue weighted by molar-refractivity contribution is 6.35. The molecule has 0 spiro atoms. The maximum atomic E-state index is 6.23. The molecule has 0 aliphatic heterocycles. The van der Waals surface area contributed by atoms with Crippen LogP contribution < -0.4 is 4.74 Å². The average Bonchev–Trinajstić information content (AvgIpc) is 3.02. The molecule has 0 aliphatic carbocycles. The number of aryl methyl sites for hydroxylation is 1. The third-order valence-corrected chi connectivity index (χ3v) is 5.57. The van der Waals surface area contributed by atoms with Crippen LogP contribution in [-0.2, 0) is 6.54 Å². The normalized spacial score (nSPS) is 11.6. The molecule has 0 unspecified atom stereocenters. The van der Waals surface area contributed by atoms with Crippen LogP contribution in [0.4, 0.5) is 0 Å². The van der Waals surface area contributed by atoms with Gasteiger partial charge in [0.25, 0.3) is 0 Å². The molecule has 0 saturated carbocycles. The number of fused-ring (bicyclic) bond motifs is 4. The van der Waals surface area contributed by atoms with Crippen molar-refractivity contribution in [3.63, 3.8) is 0 Å². The van der Waals surface area contributed by atoms with E-state index in [4.69, 9.17) is 37.9 Å². The van der Waals surface area contributed by atoms with Crippen LogP contribution in [0.1, 0.15) is 5.56 Å². The van der Waals surface area contributed by atoms with Crippen molar-refractivity contribution in [2.24, 2.45) is 0 Å². The predicted molar refractivity (Wildman–Crippen MR) is 119 cm³/mol. The lowest BCUT2D eigenvalue weighted by Gasteiger charge is -2.11. The Morgan fingerprint density at radius 3 is 2.52 bits per heavy atom. The van der Waals surface area contributed by atoms with Gasteiger partial charge in [0.1, 0.15) is 17.9 Å². The maximum absolute atomic E-state index is 6.23. The molecule has 5 rings (SSSR count). The number of hydrogen-bond donors (Lipinski definition) is 0. The van der Waals surface area contributed by atoms with E-state index in [1.807, 2.05) is 24.3 Å². The molecule has 0 radical (unpaired) electrons. The quantitative estimate of drug-likeness (QED) is 0.335. The van der Waals surface area contributed by atoms with Crippen molar-refractivity contribution in [2.75, 3.05) is 6.61 Å². The monoisotopic (exact) mass is 421 g/mol. The number of ether oxygens (including phenoxy) is 1. The highest BCUT2D eigenvalue weighted by atomic mass is 35.5. The maximum Gasteiger partial charge on any atom is 0.160 e. The summed E-state index contributed by atoms with van der Waals surface area (Å²) in [6.07, 6.45) is 0. The van der Waals surface area contributed by atoms with Gasteiger partial charge < -0.3 is 9.30 Å². The number of benzene rings is 3. The molecule has 0 aliphatic rings. The first-order valence-corrected chi connectivity index (χ1v) is 10.1. The summed E-state index contributed by atoms with van der Waals surface area (Å²) < 4.78 is 8.11. The molecule has 6 heteroatoms. The Kier molecular flexibility index (Phi) is 4.53. The van der Waals surface area contributed by atoms with Crippen molar-refractivity contribution in [3.8, 4) is 5.75 Å². The van der Waals surface area contributed by atoms with Crippen molar-refractivity contribution in [1.29, 1.82) is 0 Å². The van der Waals surface area contributed by atoms with Gasteiger partial charge >= 0.3 is 0 Å². The van der Waals surface area contributed by atoms with Crippen molar-refractivity contribution in [3.05, 3.63) is 76.3 Å². The summed E-state index contributed by atoms with van der Waals surface area (Å²) in [6, 6.07) is 19.4. The Morgan fingerprint density at radius 2 is 1.72 bits per heavy atom. The van der Waals surface area contributed by atoms with Gasteiger partial charge in [-0.05, 0) is 42.8 Å². The molecule has 0 saturated heterocycles. The highest BCUT2D eigenvalue weighted by Crippen LogP contribution is 2.31. The van der Waals surface area contributed by atoms with E-state index in [0.717, 1.165) is 33.1 Å². The molecule has 2 heterocycles. The van der Waals surface area contributed by atoms with Gasteiger partial charge in [0.2, 0.25) is 0 Å². The Bertz CT molecular complexity index is 1380. The topological polar surface area (TPSA) is 39.9 Å². The lowest BCUT2D eigenvalue weighted by Crippen LogP contribution is -2.09. The van der Waals surface area contributed by atoms with Gasteiger partial charge in [-0.25, -0.2) is 9.97 Å². The second-order valence-electron chi connectivity index (χ2n) is 6.93. The SMILES string of the molecule is Cc1cccc2c3nc4ccccc4nc3n(CCOc3ccc(Cl)cc3Cl)c12. The molecule has 0 fully saturated rings. The van der Waals surface area contributed by atoms with Crippen LogP contribution in [0.5, 0.6) is 5.75 Å². The van der Waals surface area contributed by atoms with Crippen LogP contribution in [0, 0.1) is 6.92 Å². The third kappa shape index (κ3) is 3.18. The van der Waals surface area contributed by atoms with Crippen LogP contribution in [0.2, 0.25) is 10.0 Å². The Hall–Kier alpha value is -2.82. The van der Waals surface area contributed by atoms with Crippen LogP contribution in [-0.4, -0.2) is 21.1 Å². The van der Waals surface area contributed by atoms with Gasteiger partial charge in [-0.3, -0.25) is 0 Å². The molecule has 0 bridgehead atoms. The second-order valence-corrected chi connectivity index (χ2v) is 7.77. The minimum absolute atomic E-state index is 0.447. The van der Waals surface area contributed by atoms with E-state index in [9.17, 15) is 0 Å². The summed E-state index contributed by atoms with van der Waals surface area (Å²) in [4.78, 5) is 9.81. The summed E-state index contributed by atoms with van der Waals surface area (Å²) in [5.41, 5.74) is 5.85. The molecular formula is C23H17Cl2N3O.